The molecule has 1 saturated heterocycles. The summed E-state index contributed by atoms with van der Waals surface area (Å²) >= 11 is 1.78. The minimum absolute atomic E-state index is 0.139. The maximum absolute atomic E-state index is 11.6. The van der Waals surface area contributed by atoms with Crippen molar-refractivity contribution >= 4 is 17.7 Å². The summed E-state index contributed by atoms with van der Waals surface area (Å²) in [4.78, 5) is 11.6. The molecule has 1 amide bonds. The van der Waals surface area contributed by atoms with Gasteiger partial charge in [-0.1, -0.05) is 0 Å². The van der Waals surface area contributed by atoms with Gasteiger partial charge in [-0.2, -0.15) is 0 Å². The fourth-order valence-corrected chi connectivity index (χ4v) is 2.91. The molecule has 2 N–H and O–H groups in total. The summed E-state index contributed by atoms with van der Waals surface area (Å²) in [6.45, 7) is 4.77. The van der Waals surface area contributed by atoms with E-state index < -0.39 is 0 Å². The van der Waals surface area contributed by atoms with Crippen LogP contribution in [0.4, 0.5) is 0 Å². The Kier molecular flexibility index (Phi) is 10.2. The predicted octanol–water partition coefficient (Wildman–Crippen LogP) is 0.641. The Balaban J connectivity index is 1.87. The zero-order valence-electron chi connectivity index (χ0n) is 11.8. The number of hydrogen-bond acceptors (Lipinski definition) is 5. The highest BCUT2D eigenvalue weighted by Gasteiger charge is 2.14. The molecule has 0 aromatic rings. The van der Waals surface area contributed by atoms with Gasteiger partial charge in [-0.25, -0.2) is 0 Å². The van der Waals surface area contributed by atoms with Crippen molar-refractivity contribution in [1.29, 1.82) is 0 Å². The minimum atomic E-state index is 0.139. The first kappa shape index (κ1) is 16.8. The molecule has 1 fully saturated rings. The quantitative estimate of drug-likeness (QED) is 0.578. The zero-order valence-corrected chi connectivity index (χ0v) is 12.6. The molecular weight excluding hydrogens is 264 g/mol. The number of piperidine rings is 1. The van der Waals surface area contributed by atoms with Gasteiger partial charge >= 0.3 is 0 Å². The lowest BCUT2D eigenvalue weighted by atomic mass is 10.2. The van der Waals surface area contributed by atoms with Gasteiger partial charge in [0.15, 0.2) is 0 Å². The largest absolute Gasteiger partial charge is 0.382 e. The van der Waals surface area contributed by atoms with Crippen molar-refractivity contribution in [2.75, 3.05) is 52.3 Å². The van der Waals surface area contributed by atoms with Crippen molar-refractivity contribution in [3.05, 3.63) is 0 Å². The van der Waals surface area contributed by atoms with Crippen LogP contribution in [-0.2, 0) is 14.3 Å². The van der Waals surface area contributed by atoms with Crippen molar-refractivity contribution in [2.45, 2.75) is 24.5 Å². The first-order valence-corrected chi connectivity index (χ1v) is 8.03. The molecule has 0 aromatic carbocycles. The fraction of sp³-hybridized carbons (Fsp3) is 0.923. The van der Waals surface area contributed by atoms with Gasteiger partial charge in [0, 0.05) is 25.5 Å². The van der Waals surface area contributed by atoms with Crippen LogP contribution < -0.4 is 10.6 Å². The average Bonchev–Trinajstić information content (AvgIpc) is 2.45. The average molecular weight is 290 g/mol. The Morgan fingerprint density at radius 2 is 2.11 bits per heavy atom. The summed E-state index contributed by atoms with van der Waals surface area (Å²) in [5.41, 5.74) is 0. The lowest BCUT2D eigenvalue weighted by Crippen LogP contribution is -2.31. The standard InChI is InChI=1S/C13H26N2O3S/c1-17-9-10-18-8-2-5-15-13(16)11-19-12-3-6-14-7-4-12/h12,14H,2-11H2,1H3,(H,15,16). The molecule has 1 aliphatic rings. The molecule has 19 heavy (non-hydrogen) atoms. The SMILES string of the molecule is COCCOCCCNC(=O)CSC1CCNCC1. The Bertz CT molecular complexity index is 236. The van der Waals surface area contributed by atoms with E-state index in [1.165, 1.54) is 12.8 Å². The summed E-state index contributed by atoms with van der Waals surface area (Å²) in [5.74, 6) is 0.718. The lowest BCUT2D eigenvalue weighted by Gasteiger charge is -2.21. The maximum Gasteiger partial charge on any atom is 0.230 e. The van der Waals surface area contributed by atoms with Gasteiger partial charge in [-0.05, 0) is 32.4 Å². The topological polar surface area (TPSA) is 59.6 Å². The molecule has 0 aliphatic carbocycles. The predicted molar refractivity (Wildman–Crippen MR) is 78.7 cm³/mol. The molecule has 1 aliphatic heterocycles. The van der Waals surface area contributed by atoms with Crippen LogP contribution in [0.1, 0.15) is 19.3 Å². The van der Waals surface area contributed by atoms with Crippen LogP contribution in [0.25, 0.3) is 0 Å². The molecule has 0 aromatic heterocycles. The highest BCUT2D eigenvalue weighted by Crippen LogP contribution is 2.19. The molecule has 1 rings (SSSR count). The second kappa shape index (κ2) is 11.5. The molecule has 112 valence electrons. The van der Waals surface area contributed by atoms with E-state index in [9.17, 15) is 4.79 Å². The number of amides is 1. The normalized spacial score (nSPS) is 16.5. The van der Waals surface area contributed by atoms with E-state index in [2.05, 4.69) is 10.6 Å². The second-order valence-corrected chi connectivity index (χ2v) is 5.86. The third-order valence-corrected chi connectivity index (χ3v) is 4.33. The number of nitrogens with one attached hydrogen (secondary N) is 2. The molecule has 5 nitrogen and oxygen atoms in total. The number of carbonyl (C=O) groups excluding carboxylic acids is 1. The number of thioether (sulfide) groups is 1. The highest BCUT2D eigenvalue weighted by atomic mass is 32.2. The van der Waals surface area contributed by atoms with Gasteiger partial charge < -0.3 is 20.1 Å². The smallest absolute Gasteiger partial charge is 0.230 e. The fourth-order valence-electron chi connectivity index (χ4n) is 1.85. The molecule has 1 heterocycles. The van der Waals surface area contributed by atoms with Crippen LogP contribution >= 0.6 is 11.8 Å². The summed E-state index contributed by atoms with van der Waals surface area (Å²) in [6, 6.07) is 0. The van der Waals surface area contributed by atoms with Crippen LogP contribution in [0.2, 0.25) is 0 Å². The Hall–Kier alpha value is -0.300. The number of carbonyl (C=O) groups is 1. The summed E-state index contributed by atoms with van der Waals surface area (Å²) in [6.07, 6.45) is 3.20. The van der Waals surface area contributed by atoms with Gasteiger partial charge in [-0.3, -0.25) is 4.79 Å². The van der Waals surface area contributed by atoms with Crippen molar-refractivity contribution in [3.63, 3.8) is 0 Å². The van der Waals surface area contributed by atoms with E-state index >= 15 is 0 Å². The molecule has 0 unspecified atom stereocenters. The zero-order chi connectivity index (χ0) is 13.8. The van der Waals surface area contributed by atoms with Gasteiger partial charge in [0.2, 0.25) is 5.91 Å². The lowest BCUT2D eigenvalue weighted by molar-refractivity contribution is -0.118. The Labute approximate surface area is 120 Å². The third-order valence-electron chi connectivity index (χ3n) is 2.96. The van der Waals surface area contributed by atoms with Crippen molar-refractivity contribution in [3.8, 4) is 0 Å². The van der Waals surface area contributed by atoms with E-state index in [4.69, 9.17) is 9.47 Å². The minimum Gasteiger partial charge on any atom is -0.382 e. The molecular formula is C13H26N2O3S. The van der Waals surface area contributed by atoms with Crippen LogP contribution in [0.3, 0.4) is 0 Å². The van der Waals surface area contributed by atoms with Gasteiger partial charge in [-0.15, -0.1) is 11.8 Å². The van der Waals surface area contributed by atoms with E-state index in [0.29, 0.717) is 37.4 Å². The molecule has 0 atom stereocenters. The first-order chi connectivity index (χ1) is 9.33. The first-order valence-electron chi connectivity index (χ1n) is 6.98. The van der Waals surface area contributed by atoms with Crippen molar-refractivity contribution < 1.29 is 14.3 Å². The third kappa shape index (κ3) is 9.27. The van der Waals surface area contributed by atoms with Gasteiger partial charge in [0.25, 0.3) is 0 Å². The van der Waals surface area contributed by atoms with Crippen LogP contribution in [0, 0.1) is 0 Å². The van der Waals surface area contributed by atoms with Gasteiger partial charge in [0.05, 0.1) is 19.0 Å². The van der Waals surface area contributed by atoms with E-state index in [-0.39, 0.29) is 5.91 Å². The molecule has 0 bridgehead atoms. The number of ether oxygens (including phenoxy) is 2. The molecule has 0 radical (unpaired) electrons. The summed E-state index contributed by atoms with van der Waals surface area (Å²) in [5, 5.41) is 6.90. The molecule has 0 saturated carbocycles. The summed E-state index contributed by atoms with van der Waals surface area (Å²) < 4.78 is 10.2. The Morgan fingerprint density at radius 3 is 2.84 bits per heavy atom. The number of rotatable bonds is 10. The van der Waals surface area contributed by atoms with Gasteiger partial charge in [0.1, 0.15) is 0 Å². The molecule has 6 heteroatoms. The highest BCUT2D eigenvalue weighted by molar-refractivity contribution is 8.00. The van der Waals surface area contributed by atoms with Crippen LogP contribution in [-0.4, -0.2) is 63.5 Å². The van der Waals surface area contributed by atoms with E-state index in [0.717, 1.165) is 19.5 Å². The second-order valence-electron chi connectivity index (χ2n) is 4.57. The van der Waals surface area contributed by atoms with E-state index in [1.54, 1.807) is 18.9 Å². The van der Waals surface area contributed by atoms with Crippen LogP contribution in [0.15, 0.2) is 0 Å². The van der Waals surface area contributed by atoms with Crippen LogP contribution in [0.5, 0.6) is 0 Å². The summed E-state index contributed by atoms with van der Waals surface area (Å²) in [7, 11) is 1.66. The number of methoxy groups -OCH3 is 1. The Morgan fingerprint density at radius 1 is 1.32 bits per heavy atom. The number of hydrogen-bond donors (Lipinski definition) is 2. The monoisotopic (exact) mass is 290 g/mol. The van der Waals surface area contributed by atoms with E-state index in [1.807, 2.05) is 0 Å². The van der Waals surface area contributed by atoms with Crippen molar-refractivity contribution in [2.24, 2.45) is 0 Å². The maximum atomic E-state index is 11.6. The van der Waals surface area contributed by atoms with Crippen molar-refractivity contribution in [1.82, 2.24) is 10.6 Å². The molecule has 0 spiro atoms.